The first kappa shape index (κ1) is 21.8. The van der Waals surface area contributed by atoms with Gasteiger partial charge in [0.25, 0.3) is 12.0 Å². The van der Waals surface area contributed by atoms with Crippen molar-refractivity contribution in [3.8, 4) is 5.75 Å². The minimum atomic E-state index is -0.612. The highest BCUT2D eigenvalue weighted by molar-refractivity contribution is 6.34. The van der Waals surface area contributed by atoms with Crippen molar-refractivity contribution in [2.24, 2.45) is 4.99 Å². The van der Waals surface area contributed by atoms with Crippen LogP contribution in [0.2, 0.25) is 5.02 Å². The van der Waals surface area contributed by atoms with E-state index < -0.39 is 11.8 Å². The van der Waals surface area contributed by atoms with Gasteiger partial charge in [-0.15, -0.1) is 0 Å². The van der Waals surface area contributed by atoms with Gasteiger partial charge in [-0.25, -0.2) is 14.6 Å². The molecule has 0 atom stereocenters. The fourth-order valence-electron chi connectivity index (χ4n) is 3.72. The summed E-state index contributed by atoms with van der Waals surface area (Å²) in [6, 6.07) is 12.4. The molecule has 0 aliphatic carbocycles. The first-order valence-corrected chi connectivity index (χ1v) is 11.1. The minimum Gasteiger partial charge on any atom is -0.490 e. The van der Waals surface area contributed by atoms with Crippen molar-refractivity contribution in [3.63, 3.8) is 0 Å². The Hall–Kier alpha value is -3.98. The number of hydrogen-bond donors (Lipinski definition) is 5. The van der Waals surface area contributed by atoms with Crippen molar-refractivity contribution >= 4 is 52.4 Å². The molecule has 2 aliphatic heterocycles. The molecule has 34 heavy (non-hydrogen) atoms. The van der Waals surface area contributed by atoms with Gasteiger partial charge in [0.2, 0.25) is 5.95 Å². The summed E-state index contributed by atoms with van der Waals surface area (Å²) in [7, 11) is 0. The first-order valence-electron chi connectivity index (χ1n) is 10.8. The van der Waals surface area contributed by atoms with E-state index >= 15 is 0 Å². The van der Waals surface area contributed by atoms with Crippen LogP contribution in [0.4, 0.5) is 11.6 Å². The molecular weight excluding hydrogens is 458 g/mol. The van der Waals surface area contributed by atoms with Crippen LogP contribution in [0, 0.1) is 0 Å². The van der Waals surface area contributed by atoms with Gasteiger partial charge in [0, 0.05) is 6.07 Å². The molecule has 5 rings (SSSR count). The van der Waals surface area contributed by atoms with Crippen LogP contribution < -0.4 is 26.0 Å². The molecule has 3 aromatic rings. The van der Waals surface area contributed by atoms with Gasteiger partial charge in [0.1, 0.15) is 11.9 Å². The average molecular weight is 479 g/mol. The van der Waals surface area contributed by atoms with E-state index in [9.17, 15) is 9.59 Å². The number of H-pyrrole nitrogens is 1. The van der Waals surface area contributed by atoms with E-state index in [-0.39, 0.29) is 23.4 Å². The van der Waals surface area contributed by atoms with E-state index in [4.69, 9.17) is 16.3 Å². The summed E-state index contributed by atoms with van der Waals surface area (Å²) in [4.78, 5) is 36.7. The van der Waals surface area contributed by atoms with Crippen LogP contribution in [0.1, 0.15) is 12.8 Å². The molecule has 1 saturated heterocycles. The van der Waals surface area contributed by atoms with Gasteiger partial charge in [0.05, 0.1) is 21.7 Å². The second kappa shape index (κ2) is 9.48. The molecule has 0 saturated carbocycles. The molecule has 2 aromatic carbocycles. The van der Waals surface area contributed by atoms with Gasteiger partial charge in [0.15, 0.2) is 0 Å². The number of aromatic nitrogens is 2. The smallest absolute Gasteiger partial charge is 0.350 e. The molecule has 0 unspecified atom stereocenters. The lowest BCUT2D eigenvalue weighted by molar-refractivity contribution is -0.115. The molecule has 0 radical (unpaired) electrons. The molecule has 0 spiro atoms. The lowest BCUT2D eigenvalue weighted by Gasteiger charge is -2.24. The number of halogens is 1. The zero-order valence-electron chi connectivity index (χ0n) is 17.9. The van der Waals surface area contributed by atoms with Gasteiger partial charge < -0.3 is 20.4 Å². The van der Waals surface area contributed by atoms with Gasteiger partial charge in [-0.2, -0.15) is 5.32 Å². The largest absolute Gasteiger partial charge is 0.490 e. The maximum absolute atomic E-state index is 12.8. The fraction of sp³-hybridized carbons (Fsp3) is 0.217. The lowest BCUT2D eigenvalue weighted by atomic mass is 10.1. The third-order valence-electron chi connectivity index (χ3n) is 5.43. The van der Waals surface area contributed by atoms with Crippen LogP contribution in [-0.4, -0.2) is 47.3 Å². The van der Waals surface area contributed by atoms with Crippen LogP contribution in [0.15, 0.2) is 58.9 Å². The monoisotopic (exact) mass is 478 g/mol. The number of nitrogens with zero attached hydrogens (tertiary/aromatic N) is 2. The SMILES string of the molecule is O=C(Nc1nc2ccccc2[nH]1)C1=C(C(=O)Nc2ccc(OC3CCNCC3)cc2Cl)N[C+]=N1. The molecule has 3 heterocycles. The van der Waals surface area contributed by atoms with E-state index in [1.807, 2.05) is 24.3 Å². The van der Waals surface area contributed by atoms with Crippen molar-refractivity contribution in [2.45, 2.75) is 18.9 Å². The quantitative estimate of drug-likeness (QED) is 0.346. The van der Waals surface area contributed by atoms with Crippen LogP contribution in [0.3, 0.4) is 0 Å². The molecule has 172 valence electrons. The van der Waals surface area contributed by atoms with E-state index in [1.165, 1.54) is 0 Å². The Balaban J connectivity index is 1.27. The average Bonchev–Trinajstić information content (AvgIpc) is 3.48. The van der Waals surface area contributed by atoms with Crippen LogP contribution in [0.25, 0.3) is 11.0 Å². The number of imidazole rings is 1. The number of hydrogen-bond acceptors (Lipinski definition) is 7. The summed E-state index contributed by atoms with van der Waals surface area (Å²) in [5.41, 5.74) is 1.67. The number of benzene rings is 2. The highest BCUT2D eigenvalue weighted by Crippen LogP contribution is 2.29. The molecule has 2 amide bonds. The summed E-state index contributed by atoms with van der Waals surface area (Å²) < 4.78 is 5.98. The van der Waals surface area contributed by atoms with Gasteiger partial charge in [-0.3, -0.25) is 5.32 Å². The van der Waals surface area contributed by atoms with Crippen LogP contribution >= 0.6 is 11.6 Å². The second-order valence-corrected chi connectivity index (χ2v) is 8.20. The number of rotatable bonds is 6. The topological polar surface area (TPSA) is 133 Å². The maximum Gasteiger partial charge on any atom is 0.350 e. The Morgan fingerprint density at radius 3 is 2.71 bits per heavy atom. The van der Waals surface area contributed by atoms with Crippen molar-refractivity contribution < 1.29 is 14.3 Å². The molecule has 1 fully saturated rings. The number of aromatic amines is 1. The number of piperidine rings is 1. The number of anilines is 2. The summed E-state index contributed by atoms with van der Waals surface area (Å²) >= 11 is 6.37. The molecule has 2 aliphatic rings. The van der Waals surface area contributed by atoms with Crippen molar-refractivity contribution in [1.29, 1.82) is 0 Å². The predicted molar refractivity (Wildman–Crippen MR) is 129 cm³/mol. The maximum atomic E-state index is 12.8. The number of carbonyl (C=O) groups excluding carboxylic acids is 2. The number of nitrogens with one attached hydrogen (secondary N) is 5. The van der Waals surface area contributed by atoms with Crippen molar-refractivity contribution in [3.05, 3.63) is 58.9 Å². The Morgan fingerprint density at radius 2 is 1.91 bits per heavy atom. The van der Waals surface area contributed by atoms with E-state index in [0.29, 0.717) is 22.0 Å². The normalized spacial score (nSPS) is 15.7. The van der Waals surface area contributed by atoms with Gasteiger partial charge in [-0.05, 0) is 55.2 Å². The summed E-state index contributed by atoms with van der Waals surface area (Å²) in [6.07, 6.45) is 4.42. The van der Waals surface area contributed by atoms with Crippen LogP contribution in [-0.2, 0) is 9.59 Å². The second-order valence-electron chi connectivity index (χ2n) is 7.79. The fourth-order valence-corrected chi connectivity index (χ4v) is 3.94. The highest BCUT2D eigenvalue weighted by atomic mass is 35.5. The predicted octanol–water partition coefficient (Wildman–Crippen LogP) is 2.64. The zero-order chi connectivity index (χ0) is 23.5. The van der Waals surface area contributed by atoms with E-state index in [1.54, 1.807) is 18.2 Å². The number of amides is 2. The molecule has 1 aromatic heterocycles. The summed E-state index contributed by atoms with van der Waals surface area (Å²) in [5.74, 6) is -0.320. The minimum absolute atomic E-state index is 0.0558. The number of fused-ring (bicyclic) bond motifs is 1. The Morgan fingerprint density at radius 1 is 1.09 bits per heavy atom. The van der Waals surface area contributed by atoms with Crippen LogP contribution in [0.5, 0.6) is 5.75 Å². The molecular formula is C23H21ClN7O3+. The Labute approximate surface area is 199 Å². The summed E-state index contributed by atoms with van der Waals surface area (Å²) in [5, 5.41) is 11.5. The molecule has 0 bridgehead atoms. The lowest BCUT2D eigenvalue weighted by Crippen LogP contribution is -2.34. The van der Waals surface area contributed by atoms with E-state index in [0.717, 1.165) is 31.4 Å². The molecule has 10 nitrogen and oxygen atoms in total. The van der Waals surface area contributed by atoms with E-state index in [2.05, 4.69) is 42.6 Å². The van der Waals surface area contributed by atoms with Crippen molar-refractivity contribution in [2.75, 3.05) is 23.7 Å². The van der Waals surface area contributed by atoms with Crippen molar-refractivity contribution in [1.82, 2.24) is 20.6 Å². The third kappa shape index (κ3) is 4.69. The number of carbonyl (C=O) groups is 2. The molecule has 11 heteroatoms. The molecule has 5 N–H and O–H groups in total. The van der Waals surface area contributed by atoms with Gasteiger partial charge in [-0.1, -0.05) is 23.7 Å². The summed E-state index contributed by atoms with van der Waals surface area (Å²) in [6.45, 7) is 1.83. The van der Waals surface area contributed by atoms with Gasteiger partial charge >= 0.3 is 17.5 Å². The number of para-hydroxylation sites is 2. The zero-order valence-corrected chi connectivity index (χ0v) is 18.7. The standard InChI is InChI=1S/C23H20ClN7O3/c24-15-11-14(34-13-7-9-25-10-8-13)5-6-16(15)28-21(32)19-20(27-12-26-19)22(33)31-23-29-17-3-1-2-4-18(17)30-23/h1-6,11,13,25H,7-10H2,(H3-,26,27,28,29,30,31,32,33)/p+1. The number of aliphatic imine (C=N–C) groups is 1. The highest BCUT2D eigenvalue weighted by Gasteiger charge is 2.36. The Kier molecular flexibility index (Phi) is 6.09. The number of ether oxygens (including phenoxy) is 1. The Bertz CT molecular complexity index is 1280. The first-order chi connectivity index (χ1) is 16.6. The third-order valence-corrected chi connectivity index (χ3v) is 5.74.